The lowest BCUT2D eigenvalue weighted by Crippen LogP contribution is -2.40. The molecule has 0 aromatic heterocycles. The van der Waals surface area contributed by atoms with Crippen molar-refractivity contribution in [2.24, 2.45) is 0 Å². The van der Waals surface area contributed by atoms with Crippen LogP contribution in [0.4, 0.5) is 0 Å². The summed E-state index contributed by atoms with van der Waals surface area (Å²) in [5.74, 6) is -1.15. The van der Waals surface area contributed by atoms with E-state index in [2.05, 4.69) is 5.32 Å². The Hall–Kier alpha value is -3.16. The van der Waals surface area contributed by atoms with E-state index in [0.717, 1.165) is 0 Å². The highest BCUT2D eigenvalue weighted by Gasteiger charge is 2.44. The van der Waals surface area contributed by atoms with Gasteiger partial charge in [0, 0.05) is 17.5 Å². The normalized spacial score (nSPS) is 18.8. The van der Waals surface area contributed by atoms with Crippen molar-refractivity contribution in [3.05, 3.63) is 40.7 Å². The number of carboxylic acid groups (broad SMARTS) is 2. The zero-order chi connectivity index (χ0) is 21.1. The van der Waals surface area contributed by atoms with Crippen LogP contribution >= 0.6 is 0 Å². The van der Waals surface area contributed by atoms with Gasteiger partial charge in [-0.3, -0.25) is 0 Å². The summed E-state index contributed by atoms with van der Waals surface area (Å²) >= 11 is 0. The first-order chi connectivity index (χ1) is 13.3. The third kappa shape index (κ3) is 3.37. The van der Waals surface area contributed by atoms with Gasteiger partial charge in [-0.2, -0.15) is 0 Å². The van der Waals surface area contributed by atoms with Crippen molar-refractivity contribution < 1.29 is 34.0 Å². The molecule has 1 aliphatic heterocycles. The molecule has 1 unspecified atom stereocenters. The summed E-state index contributed by atoms with van der Waals surface area (Å²) in [6.45, 7) is 3.69. The minimum atomic E-state index is -1.25. The maximum Gasteiger partial charge on any atom is 0.352 e. The number of dihydropyridines is 1. The van der Waals surface area contributed by atoms with Gasteiger partial charge in [0.2, 0.25) is 0 Å². The van der Waals surface area contributed by atoms with Crippen LogP contribution < -0.4 is 19.5 Å². The molecule has 0 aliphatic carbocycles. The maximum atomic E-state index is 11.9. The molecule has 0 spiro atoms. The fraction of sp³-hybridized carbons (Fsp3) is 0.400. The van der Waals surface area contributed by atoms with Crippen molar-refractivity contribution in [2.45, 2.75) is 32.1 Å². The number of hydrogen-bond acceptors (Lipinski definition) is 6. The van der Waals surface area contributed by atoms with E-state index in [9.17, 15) is 19.8 Å². The second-order valence-electron chi connectivity index (χ2n) is 6.23. The molecule has 0 saturated carbocycles. The topological polar surface area (TPSA) is 114 Å². The molecule has 1 aromatic carbocycles. The van der Waals surface area contributed by atoms with E-state index in [1.54, 1.807) is 12.1 Å². The Morgan fingerprint density at radius 2 is 1.57 bits per heavy atom. The molecule has 2 rings (SSSR count). The van der Waals surface area contributed by atoms with Gasteiger partial charge in [-0.25, -0.2) is 9.59 Å². The van der Waals surface area contributed by atoms with Gasteiger partial charge in [-0.1, -0.05) is 13.8 Å². The third-order valence-electron chi connectivity index (χ3n) is 5.01. The molecule has 3 N–H and O–H groups in total. The standard InChI is InChI=1S/C20H25NO7/c1-6-12-17(19(24)25)21-13(18(22)23)10-20(12,7-2)16-14(27-4)8-11(26-3)9-15(16)28-5/h8-10,21H,6-7H2,1-5H3,(H,22,23)(H,24,25). The van der Waals surface area contributed by atoms with Gasteiger partial charge in [-0.15, -0.1) is 0 Å². The van der Waals surface area contributed by atoms with Crippen LogP contribution in [0.1, 0.15) is 32.3 Å². The SMILES string of the molecule is CCC1=C(C(=O)O)NC(C(=O)O)=CC1(CC)c1c(OC)cc(OC)cc1OC. The van der Waals surface area contributed by atoms with Gasteiger partial charge in [0.25, 0.3) is 0 Å². The quantitative estimate of drug-likeness (QED) is 0.620. The van der Waals surface area contributed by atoms with Crippen molar-refractivity contribution in [1.29, 1.82) is 0 Å². The molecule has 0 saturated heterocycles. The summed E-state index contributed by atoms with van der Waals surface area (Å²) in [6.07, 6.45) is 2.31. The number of methoxy groups -OCH3 is 3. The molecule has 8 nitrogen and oxygen atoms in total. The second-order valence-corrected chi connectivity index (χ2v) is 6.23. The Kier molecular flexibility index (Phi) is 6.23. The lowest BCUT2D eigenvalue weighted by Gasteiger charge is -2.39. The number of aliphatic carboxylic acids is 2. The number of hydrogen-bond donors (Lipinski definition) is 3. The van der Waals surface area contributed by atoms with E-state index >= 15 is 0 Å². The molecule has 28 heavy (non-hydrogen) atoms. The first-order valence-electron chi connectivity index (χ1n) is 8.80. The van der Waals surface area contributed by atoms with E-state index in [-0.39, 0.29) is 11.4 Å². The lowest BCUT2D eigenvalue weighted by atomic mass is 9.67. The molecule has 0 fully saturated rings. The van der Waals surface area contributed by atoms with E-state index in [1.165, 1.54) is 27.4 Å². The number of benzene rings is 1. The Labute approximate surface area is 163 Å². The van der Waals surface area contributed by atoms with Crippen molar-refractivity contribution in [1.82, 2.24) is 5.32 Å². The second kappa shape index (κ2) is 8.24. The van der Waals surface area contributed by atoms with Crippen LogP contribution in [-0.2, 0) is 15.0 Å². The summed E-state index contributed by atoms with van der Waals surface area (Å²) in [6, 6.07) is 3.33. The number of carbonyl (C=O) groups is 2. The molecular formula is C20H25NO7. The first-order valence-corrected chi connectivity index (χ1v) is 8.80. The van der Waals surface area contributed by atoms with Gasteiger partial charge in [0.1, 0.15) is 28.6 Å². The molecule has 1 atom stereocenters. The van der Waals surface area contributed by atoms with Gasteiger partial charge in [-0.05, 0) is 24.5 Å². The first kappa shape index (κ1) is 21.1. The number of allylic oxidation sites excluding steroid dienone is 2. The molecule has 152 valence electrons. The van der Waals surface area contributed by atoms with Crippen LogP contribution in [0, 0.1) is 0 Å². The van der Waals surface area contributed by atoms with Crippen molar-refractivity contribution in [2.75, 3.05) is 21.3 Å². The van der Waals surface area contributed by atoms with E-state index in [0.29, 0.717) is 41.2 Å². The molecule has 0 bridgehead atoms. The minimum Gasteiger partial charge on any atom is -0.496 e. The summed E-state index contributed by atoms with van der Waals surface area (Å²) in [7, 11) is 4.48. The van der Waals surface area contributed by atoms with Gasteiger partial charge in [0.15, 0.2) is 0 Å². The largest absolute Gasteiger partial charge is 0.496 e. The predicted octanol–water partition coefficient (Wildman–Crippen LogP) is 2.68. The molecule has 1 heterocycles. The maximum absolute atomic E-state index is 11.9. The van der Waals surface area contributed by atoms with Gasteiger partial charge >= 0.3 is 11.9 Å². The highest BCUT2D eigenvalue weighted by atomic mass is 16.5. The predicted molar refractivity (Wildman–Crippen MR) is 102 cm³/mol. The van der Waals surface area contributed by atoms with Crippen LogP contribution in [0.3, 0.4) is 0 Å². The Balaban J connectivity index is 2.99. The average Bonchev–Trinajstić information content (AvgIpc) is 2.70. The molecule has 0 amide bonds. The molecule has 1 aromatic rings. The van der Waals surface area contributed by atoms with E-state index in [4.69, 9.17) is 14.2 Å². The highest BCUT2D eigenvalue weighted by molar-refractivity contribution is 5.94. The number of rotatable bonds is 8. The van der Waals surface area contributed by atoms with Crippen molar-refractivity contribution in [3.63, 3.8) is 0 Å². The number of nitrogens with one attached hydrogen (secondary N) is 1. The van der Waals surface area contributed by atoms with Gasteiger partial charge < -0.3 is 29.7 Å². The van der Waals surface area contributed by atoms with Crippen LogP contribution in [0.15, 0.2) is 35.2 Å². The summed E-state index contributed by atoms with van der Waals surface area (Å²) in [5.41, 5.74) is -0.323. The summed E-state index contributed by atoms with van der Waals surface area (Å²) in [5, 5.41) is 21.8. The number of ether oxygens (including phenoxy) is 3. The van der Waals surface area contributed by atoms with E-state index in [1.807, 2.05) is 13.8 Å². The Morgan fingerprint density at radius 1 is 1.00 bits per heavy atom. The molecule has 1 aliphatic rings. The molecular weight excluding hydrogens is 366 g/mol. The lowest BCUT2D eigenvalue weighted by molar-refractivity contribution is -0.133. The fourth-order valence-corrected chi connectivity index (χ4v) is 3.75. The van der Waals surface area contributed by atoms with Crippen LogP contribution in [-0.4, -0.2) is 43.5 Å². The average molecular weight is 391 g/mol. The zero-order valence-electron chi connectivity index (χ0n) is 16.6. The Bertz CT molecular complexity index is 831. The third-order valence-corrected chi connectivity index (χ3v) is 5.01. The zero-order valence-corrected chi connectivity index (χ0v) is 16.6. The monoisotopic (exact) mass is 391 g/mol. The Morgan fingerprint density at radius 3 is 1.93 bits per heavy atom. The van der Waals surface area contributed by atoms with Crippen molar-refractivity contribution in [3.8, 4) is 17.2 Å². The summed E-state index contributed by atoms with van der Waals surface area (Å²) in [4.78, 5) is 23.6. The molecule has 8 heteroatoms. The number of carboxylic acids is 2. The van der Waals surface area contributed by atoms with E-state index < -0.39 is 17.4 Å². The van der Waals surface area contributed by atoms with Crippen LogP contribution in [0.5, 0.6) is 17.2 Å². The highest BCUT2D eigenvalue weighted by Crippen LogP contribution is 2.51. The minimum absolute atomic E-state index is 0.149. The van der Waals surface area contributed by atoms with Crippen LogP contribution in [0.25, 0.3) is 0 Å². The van der Waals surface area contributed by atoms with Crippen LogP contribution in [0.2, 0.25) is 0 Å². The fourth-order valence-electron chi connectivity index (χ4n) is 3.75. The van der Waals surface area contributed by atoms with Gasteiger partial charge in [0.05, 0.1) is 26.9 Å². The smallest absolute Gasteiger partial charge is 0.352 e. The van der Waals surface area contributed by atoms with Crippen molar-refractivity contribution >= 4 is 11.9 Å². The molecule has 0 radical (unpaired) electrons. The summed E-state index contributed by atoms with van der Waals surface area (Å²) < 4.78 is 16.4.